The van der Waals surface area contributed by atoms with E-state index >= 15 is 0 Å². The number of aryl methyl sites for hydroxylation is 1. The van der Waals surface area contributed by atoms with Crippen molar-refractivity contribution in [3.05, 3.63) is 102 Å². The van der Waals surface area contributed by atoms with Gasteiger partial charge in [0.1, 0.15) is 17.9 Å². The number of hydrogen-bond acceptors (Lipinski definition) is 5. The van der Waals surface area contributed by atoms with Crippen molar-refractivity contribution >= 4 is 17.4 Å². The second-order valence-electron chi connectivity index (χ2n) is 7.83. The van der Waals surface area contributed by atoms with Gasteiger partial charge in [0, 0.05) is 22.9 Å². The van der Waals surface area contributed by atoms with Gasteiger partial charge in [0.2, 0.25) is 0 Å². The van der Waals surface area contributed by atoms with Crippen molar-refractivity contribution in [2.45, 2.75) is 19.9 Å². The van der Waals surface area contributed by atoms with Gasteiger partial charge in [-0.15, -0.1) is 0 Å². The average Bonchev–Trinajstić information content (AvgIpc) is 2.85. The zero-order chi connectivity index (χ0) is 23.2. The fraction of sp³-hybridized carbons (Fsp3) is 0.148. The number of nitrogens with zero attached hydrogens (tertiary/aromatic N) is 2. The molecule has 2 N–H and O–H groups in total. The molecule has 1 aromatic heterocycles. The molecule has 166 valence electrons. The number of nitrogens with one attached hydrogen (secondary N) is 2. The lowest BCUT2D eigenvalue weighted by molar-refractivity contribution is 0.0940. The summed E-state index contributed by atoms with van der Waals surface area (Å²) in [6.07, 6.45) is 1.54. The maximum Gasteiger partial charge on any atom is 0.251 e. The Labute approximate surface area is 193 Å². The Morgan fingerprint density at radius 2 is 1.70 bits per heavy atom. The monoisotopic (exact) mass is 438 g/mol. The number of anilines is 2. The topological polar surface area (TPSA) is 76.1 Å². The molecule has 33 heavy (non-hydrogen) atoms. The van der Waals surface area contributed by atoms with Crippen LogP contribution in [0, 0.1) is 6.92 Å². The van der Waals surface area contributed by atoms with Gasteiger partial charge in [-0.3, -0.25) is 4.79 Å². The molecular weight excluding hydrogens is 412 g/mol. The zero-order valence-electron chi connectivity index (χ0n) is 18.9. The summed E-state index contributed by atoms with van der Waals surface area (Å²) in [6.45, 7) is 4.00. The van der Waals surface area contributed by atoms with Gasteiger partial charge in [0.15, 0.2) is 0 Å². The molecule has 0 spiro atoms. The Morgan fingerprint density at radius 1 is 0.939 bits per heavy atom. The number of ether oxygens (including phenoxy) is 1. The molecule has 4 rings (SSSR count). The van der Waals surface area contributed by atoms with Gasteiger partial charge in [-0.25, -0.2) is 9.97 Å². The predicted octanol–water partition coefficient (Wildman–Crippen LogP) is 5.70. The van der Waals surface area contributed by atoms with Crippen molar-refractivity contribution in [2.75, 3.05) is 12.4 Å². The van der Waals surface area contributed by atoms with E-state index in [4.69, 9.17) is 4.74 Å². The highest BCUT2D eigenvalue weighted by molar-refractivity contribution is 5.94. The molecule has 6 heteroatoms. The Bertz CT molecular complexity index is 1240. The van der Waals surface area contributed by atoms with E-state index in [-0.39, 0.29) is 11.9 Å². The summed E-state index contributed by atoms with van der Waals surface area (Å²) in [5, 5.41) is 6.30. The van der Waals surface area contributed by atoms with Crippen molar-refractivity contribution in [3.63, 3.8) is 0 Å². The van der Waals surface area contributed by atoms with Crippen molar-refractivity contribution in [3.8, 4) is 17.0 Å². The van der Waals surface area contributed by atoms with Gasteiger partial charge < -0.3 is 15.4 Å². The molecule has 0 saturated heterocycles. The lowest BCUT2D eigenvalue weighted by Crippen LogP contribution is -2.26. The van der Waals surface area contributed by atoms with Crippen LogP contribution in [0.25, 0.3) is 11.3 Å². The Morgan fingerprint density at radius 3 is 2.42 bits per heavy atom. The maximum atomic E-state index is 12.7. The van der Waals surface area contributed by atoms with Crippen molar-refractivity contribution < 1.29 is 9.53 Å². The molecule has 0 aliphatic heterocycles. The molecule has 0 radical (unpaired) electrons. The molecule has 1 atom stereocenters. The molecule has 1 amide bonds. The van der Waals surface area contributed by atoms with Gasteiger partial charge in [-0.05, 0) is 55.8 Å². The van der Waals surface area contributed by atoms with Crippen LogP contribution < -0.4 is 15.4 Å². The predicted molar refractivity (Wildman–Crippen MR) is 131 cm³/mol. The number of benzene rings is 3. The van der Waals surface area contributed by atoms with E-state index in [2.05, 4.69) is 39.7 Å². The quantitative estimate of drug-likeness (QED) is 0.387. The third-order valence-electron chi connectivity index (χ3n) is 5.38. The van der Waals surface area contributed by atoms with E-state index in [1.165, 1.54) is 5.56 Å². The molecule has 0 saturated carbocycles. The molecule has 1 heterocycles. The first-order chi connectivity index (χ1) is 16.0. The second-order valence-corrected chi connectivity index (χ2v) is 7.83. The first-order valence-corrected chi connectivity index (χ1v) is 10.7. The van der Waals surface area contributed by atoms with Crippen molar-refractivity contribution in [1.82, 2.24) is 15.3 Å². The first-order valence-electron chi connectivity index (χ1n) is 10.7. The molecule has 1 unspecified atom stereocenters. The summed E-state index contributed by atoms with van der Waals surface area (Å²) in [4.78, 5) is 21.4. The number of carbonyl (C=O) groups excluding carboxylic acids is 1. The van der Waals surface area contributed by atoms with Crippen LogP contribution in [0.5, 0.6) is 5.75 Å². The summed E-state index contributed by atoms with van der Waals surface area (Å²) in [7, 11) is 1.63. The minimum absolute atomic E-state index is 0.138. The van der Waals surface area contributed by atoms with E-state index in [0.29, 0.717) is 11.4 Å². The van der Waals surface area contributed by atoms with E-state index in [1.807, 2.05) is 61.5 Å². The number of rotatable bonds is 7. The van der Waals surface area contributed by atoms with Crippen LogP contribution in [0.15, 0.2) is 85.2 Å². The molecular formula is C27H26N4O2. The third kappa shape index (κ3) is 5.54. The summed E-state index contributed by atoms with van der Waals surface area (Å²) < 4.78 is 5.27. The van der Waals surface area contributed by atoms with Crippen LogP contribution in [0.3, 0.4) is 0 Å². The van der Waals surface area contributed by atoms with Gasteiger partial charge >= 0.3 is 0 Å². The van der Waals surface area contributed by atoms with E-state index in [9.17, 15) is 4.79 Å². The van der Waals surface area contributed by atoms with Crippen LogP contribution in [0.2, 0.25) is 0 Å². The van der Waals surface area contributed by atoms with Crippen LogP contribution >= 0.6 is 0 Å². The maximum absolute atomic E-state index is 12.7. The number of amides is 1. The highest BCUT2D eigenvalue weighted by Crippen LogP contribution is 2.22. The van der Waals surface area contributed by atoms with Crippen LogP contribution in [0.1, 0.15) is 34.5 Å². The largest absolute Gasteiger partial charge is 0.497 e. The molecule has 0 aliphatic rings. The number of carbonyl (C=O) groups is 1. The van der Waals surface area contributed by atoms with Gasteiger partial charge in [-0.2, -0.15) is 0 Å². The van der Waals surface area contributed by atoms with Crippen LogP contribution in [-0.4, -0.2) is 23.0 Å². The van der Waals surface area contributed by atoms with E-state index in [1.54, 1.807) is 25.6 Å². The standard InChI is InChI=1S/C27H26N4O2/c1-18-7-9-20(10-8-18)25-16-26(29-17-28-25)31-23-13-11-21(12-14-23)27(32)30-19(2)22-5-4-6-24(15-22)33-3/h4-17,19H,1-3H3,(H,30,32)(H,28,29,31). The SMILES string of the molecule is COc1cccc(C(C)NC(=O)c2ccc(Nc3cc(-c4ccc(C)cc4)ncn3)cc2)c1. The molecule has 0 fully saturated rings. The smallest absolute Gasteiger partial charge is 0.251 e. The lowest BCUT2D eigenvalue weighted by atomic mass is 10.1. The Kier molecular flexibility index (Phi) is 6.64. The summed E-state index contributed by atoms with van der Waals surface area (Å²) in [6, 6.07) is 24.9. The average molecular weight is 439 g/mol. The minimum atomic E-state index is -0.147. The molecule has 0 bridgehead atoms. The van der Waals surface area contributed by atoms with Gasteiger partial charge in [0.05, 0.1) is 18.8 Å². The van der Waals surface area contributed by atoms with Gasteiger partial charge in [-0.1, -0.05) is 42.0 Å². The van der Waals surface area contributed by atoms with Crippen LogP contribution in [0.4, 0.5) is 11.5 Å². The lowest BCUT2D eigenvalue weighted by Gasteiger charge is -2.15. The fourth-order valence-corrected chi connectivity index (χ4v) is 3.43. The molecule has 0 aliphatic carbocycles. The summed E-state index contributed by atoms with van der Waals surface area (Å²) in [5.74, 6) is 1.31. The Balaban J connectivity index is 1.41. The van der Waals surface area contributed by atoms with E-state index < -0.39 is 0 Å². The summed E-state index contributed by atoms with van der Waals surface area (Å²) >= 11 is 0. The normalized spacial score (nSPS) is 11.5. The molecule has 4 aromatic rings. The summed E-state index contributed by atoms with van der Waals surface area (Å²) in [5.41, 5.74) is 5.47. The van der Waals surface area contributed by atoms with E-state index in [0.717, 1.165) is 28.3 Å². The number of hydrogen-bond donors (Lipinski definition) is 2. The third-order valence-corrected chi connectivity index (χ3v) is 5.38. The Hall–Kier alpha value is -4.19. The first kappa shape index (κ1) is 22.0. The zero-order valence-corrected chi connectivity index (χ0v) is 18.9. The second kappa shape index (κ2) is 9.96. The van der Waals surface area contributed by atoms with Crippen molar-refractivity contribution in [1.29, 1.82) is 0 Å². The van der Waals surface area contributed by atoms with Crippen LogP contribution in [-0.2, 0) is 0 Å². The highest BCUT2D eigenvalue weighted by Gasteiger charge is 2.12. The highest BCUT2D eigenvalue weighted by atomic mass is 16.5. The van der Waals surface area contributed by atoms with Gasteiger partial charge in [0.25, 0.3) is 5.91 Å². The number of methoxy groups -OCH3 is 1. The van der Waals surface area contributed by atoms with Crippen molar-refractivity contribution in [2.24, 2.45) is 0 Å². The minimum Gasteiger partial charge on any atom is -0.497 e. The molecule has 3 aromatic carbocycles. The fourth-order valence-electron chi connectivity index (χ4n) is 3.43. The number of aromatic nitrogens is 2. The molecule has 6 nitrogen and oxygen atoms in total.